The van der Waals surface area contributed by atoms with Crippen molar-refractivity contribution in [1.82, 2.24) is 15.2 Å². The van der Waals surface area contributed by atoms with Crippen LogP contribution >= 0.6 is 34.7 Å². The average Bonchev–Trinajstić information content (AvgIpc) is 3.11. The number of hydrogen-bond donors (Lipinski definition) is 4. The molecule has 0 radical (unpaired) electrons. The maximum Gasteiger partial charge on any atom is 0.353 e. The molecule has 33 heavy (non-hydrogen) atoms. The van der Waals surface area contributed by atoms with E-state index in [0.29, 0.717) is 17.7 Å². The summed E-state index contributed by atoms with van der Waals surface area (Å²) in [6.07, 6.45) is 2.71. The Hall–Kier alpha value is -3.16. The van der Waals surface area contributed by atoms with Gasteiger partial charge in [-0.05, 0) is 30.7 Å². The highest BCUT2D eigenvalue weighted by Gasteiger charge is 2.54. The minimum atomic E-state index is -1.22. The lowest BCUT2D eigenvalue weighted by Gasteiger charge is -2.49. The van der Waals surface area contributed by atoms with Gasteiger partial charge in [0.2, 0.25) is 5.03 Å². The number of nitrogens with zero attached hydrogens (tertiary/aromatic N) is 4. The smallest absolute Gasteiger partial charge is 0.353 e. The van der Waals surface area contributed by atoms with Gasteiger partial charge < -0.3 is 21.4 Å². The summed E-state index contributed by atoms with van der Waals surface area (Å²) in [5, 5.41) is 25.5. The largest absolute Gasteiger partial charge is 0.477 e. The van der Waals surface area contributed by atoms with E-state index in [9.17, 15) is 24.7 Å². The first-order valence-electron chi connectivity index (χ1n) is 9.60. The monoisotopic (exact) mass is 509 g/mol. The number of nitrogens with two attached hydrogens (primary N) is 1. The first-order chi connectivity index (χ1) is 15.7. The number of carbonyl (C=O) groups is 3. The molecule has 1 saturated heterocycles. The Labute approximate surface area is 200 Å². The van der Waals surface area contributed by atoms with E-state index in [4.69, 9.17) is 17.3 Å². The van der Waals surface area contributed by atoms with Crippen LogP contribution in [0.25, 0.3) is 0 Å². The number of pyridine rings is 1. The summed E-state index contributed by atoms with van der Waals surface area (Å²) < 4.78 is 1.91. The van der Waals surface area contributed by atoms with Crippen LogP contribution in [0.15, 0.2) is 45.2 Å². The fraction of sp³-hybridized carbons (Fsp3) is 0.263. The van der Waals surface area contributed by atoms with Gasteiger partial charge in [-0.25, -0.2) is 9.78 Å². The van der Waals surface area contributed by atoms with Gasteiger partial charge in [0, 0.05) is 17.0 Å². The predicted molar refractivity (Wildman–Crippen MR) is 120 cm³/mol. The van der Waals surface area contributed by atoms with Crippen LogP contribution in [0.1, 0.15) is 18.5 Å². The Morgan fingerprint density at radius 3 is 2.82 bits per heavy atom. The molecule has 14 heteroatoms. The number of aliphatic carboxylic acids is 1. The van der Waals surface area contributed by atoms with Crippen molar-refractivity contribution in [2.75, 3.05) is 5.73 Å². The maximum atomic E-state index is 12.9. The minimum Gasteiger partial charge on any atom is -0.477 e. The fourth-order valence-electron chi connectivity index (χ4n) is 3.74. The summed E-state index contributed by atoms with van der Waals surface area (Å²) in [4.78, 5) is 43.2. The Morgan fingerprint density at radius 1 is 1.45 bits per heavy atom. The lowest BCUT2D eigenvalue weighted by molar-refractivity contribution is -0.708. The summed E-state index contributed by atoms with van der Waals surface area (Å²) in [5.74, 6) is -2.66. The molecule has 4 heterocycles. The number of carboxylic acid groups (broad SMARTS) is 1. The Balaban J connectivity index is 1.55. The van der Waals surface area contributed by atoms with Gasteiger partial charge in [-0.2, -0.15) is 4.57 Å². The number of fused-ring (bicyclic) bond motifs is 1. The van der Waals surface area contributed by atoms with Gasteiger partial charge in [-0.1, -0.05) is 28.1 Å². The molecule has 2 aromatic heterocycles. The number of thiazole rings is 1. The van der Waals surface area contributed by atoms with Gasteiger partial charge in [-0.3, -0.25) is 14.5 Å². The third-order valence-corrected chi connectivity index (χ3v) is 7.62. The van der Waals surface area contributed by atoms with Crippen molar-refractivity contribution in [2.45, 2.75) is 30.0 Å². The van der Waals surface area contributed by atoms with Crippen LogP contribution in [0.4, 0.5) is 5.13 Å². The molecule has 0 bridgehead atoms. The van der Waals surface area contributed by atoms with Gasteiger partial charge in [-0.15, -0.1) is 0 Å². The number of nitrogen functional groups attached to an aromatic ring is 1. The molecule has 0 saturated carbocycles. The number of aromatic nitrogens is 2. The first-order valence-corrected chi connectivity index (χ1v) is 11.6. The molecule has 0 spiro atoms. The molecular weight excluding hydrogens is 492 g/mol. The van der Waals surface area contributed by atoms with Gasteiger partial charge in [0.05, 0.1) is 6.04 Å². The van der Waals surface area contributed by atoms with Gasteiger partial charge in [0.25, 0.3) is 11.8 Å². The number of carbonyl (C=O) groups excluding carboxylic acids is 2. The van der Waals surface area contributed by atoms with E-state index in [2.05, 4.69) is 15.5 Å². The highest BCUT2D eigenvalue weighted by molar-refractivity contribution is 8.03. The molecule has 4 rings (SSSR count). The highest BCUT2D eigenvalue weighted by Crippen LogP contribution is 2.42. The van der Waals surface area contributed by atoms with Gasteiger partial charge in [0.15, 0.2) is 17.0 Å². The number of allylic oxidation sites excluding steroid dienone is 1. The summed E-state index contributed by atoms with van der Waals surface area (Å²) in [6, 6.07) is 4.04. The Kier molecular flexibility index (Phi) is 6.28. The topological polar surface area (TPSA) is 162 Å². The fourth-order valence-corrected chi connectivity index (χ4v) is 5.78. The number of aryl methyl sites for hydroxylation is 1. The Bertz CT molecular complexity index is 1230. The number of halogens is 1. The average molecular weight is 510 g/mol. The quantitative estimate of drug-likeness (QED) is 0.147. The van der Waals surface area contributed by atoms with E-state index in [0.717, 1.165) is 16.4 Å². The molecule has 2 aromatic rings. The molecule has 2 aliphatic rings. The van der Waals surface area contributed by atoms with Crippen molar-refractivity contribution in [3.05, 3.63) is 45.0 Å². The van der Waals surface area contributed by atoms with Crippen LogP contribution < -0.4 is 15.6 Å². The number of oxime groups is 1. The van der Waals surface area contributed by atoms with Crippen LogP contribution in [0.2, 0.25) is 4.34 Å². The number of thioether (sulfide) groups is 1. The zero-order valence-electron chi connectivity index (χ0n) is 17.1. The summed E-state index contributed by atoms with van der Waals surface area (Å²) in [7, 11) is 1.85. The third kappa shape index (κ3) is 4.14. The number of nitrogens with one attached hydrogen (secondary N) is 1. The Morgan fingerprint density at radius 2 is 2.21 bits per heavy atom. The van der Waals surface area contributed by atoms with Crippen molar-refractivity contribution >= 4 is 63.3 Å². The molecule has 172 valence electrons. The molecule has 0 aromatic carbocycles. The number of β-lactam (4-membered cyclic amide) rings is 1. The zero-order valence-corrected chi connectivity index (χ0v) is 19.4. The van der Waals surface area contributed by atoms with Crippen molar-refractivity contribution in [3.8, 4) is 0 Å². The summed E-state index contributed by atoms with van der Waals surface area (Å²) in [6.45, 7) is 0. The van der Waals surface area contributed by atoms with Crippen LogP contribution in [-0.2, 0) is 21.4 Å². The molecule has 0 aliphatic carbocycles. The summed E-state index contributed by atoms with van der Waals surface area (Å²) in [5.41, 5.74) is 4.88. The minimum absolute atomic E-state index is 0.0570. The number of rotatable bonds is 6. The van der Waals surface area contributed by atoms with Crippen LogP contribution in [-0.4, -0.2) is 55.8 Å². The van der Waals surface area contributed by atoms with Crippen molar-refractivity contribution in [1.29, 1.82) is 0 Å². The molecular formula is C19H18ClN6O5S2+. The van der Waals surface area contributed by atoms with E-state index >= 15 is 0 Å². The van der Waals surface area contributed by atoms with Crippen LogP contribution in [0.3, 0.4) is 0 Å². The molecule has 5 N–H and O–H groups in total. The normalized spacial score (nSPS) is 20.4. The zero-order chi connectivity index (χ0) is 23.9. The van der Waals surface area contributed by atoms with Crippen molar-refractivity contribution < 1.29 is 29.3 Å². The van der Waals surface area contributed by atoms with E-state index in [1.807, 2.05) is 36.0 Å². The number of anilines is 1. The molecule has 0 unspecified atom stereocenters. The highest BCUT2D eigenvalue weighted by atomic mass is 35.5. The molecule has 2 aliphatic heterocycles. The van der Waals surface area contributed by atoms with E-state index in [1.165, 1.54) is 16.7 Å². The van der Waals surface area contributed by atoms with Crippen LogP contribution in [0.5, 0.6) is 0 Å². The molecule has 11 nitrogen and oxygen atoms in total. The second-order valence-electron chi connectivity index (χ2n) is 7.22. The van der Waals surface area contributed by atoms with E-state index in [1.54, 1.807) is 0 Å². The van der Waals surface area contributed by atoms with E-state index < -0.39 is 35.6 Å². The van der Waals surface area contributed by atoms with Crippen molar-refractivity contribution in [3.63, 3.8) is 0 Å². The van der Waals surface area contributed by atoms with Crippen LogP contribution in [0, 0.1) is 0 Å². The van der Waals surface area contributed by atoms with Crippen molar-refractivity contribution in [2.24, 2.45) is 12.2 Å². The molecule has 2 amide bonds. The maximum absolute atomic E-state index is 12.9. The third-order valence-electron chi connectivity index (χ3n) is 5.26. The number of amides is 2. The summed E-state index contributed by atoms with van der Waals surface area (Å²) >= 11 is 8.18. The SMILES string of the molecule is C[n+]1ccccc1SC1=C(C(=O)O)N2C(=O)[C@@H](NC(=O)/C(=N\O)c3nc(N)sc3Cl)[C@H]2CC1. The lowest BCUT2D eigenvalue weighted by atomic mass is 9.86. The molecule has 2 atom stereocenters. The van der Waals surface area contributed by atoms with E-state index in [-0.39, 0.29) is 20.9 Å². The first kappa shape index (κ1) is 23.0. The van der Waals surface area contributed by atoms with Gasteiger partial charge in [0.1, 0.15) is 28.8 Å². The van der Waals surface area contributed by atoms with Gasteiger partial charge >= 0.3 is 5.97 Å². The second-order valence-corrected chi connectivity index (χ2v) is 9.97. The standard InChI is InChI=1S/C19H17ClN6O5S2/c1-25-7-3-2-4-10(25)32-9-6-5-8-11(17(28)26(8)14(9)18(29)30)22-16(27)13(24-31)12-15(20)33-19(21)23-12/h2-4,7-8,11H,5-6H2,1H3,(H4-,21,22,23,27,29,30,31)/p+1/t8-,11+/m1/s1. The lowest BCUT2D eigenvalue weighted by Crippen LogP contribution is -2.72. The number of hydrogen-bond acceptors (Lipinski definition) is 9. The predicted octanol–water partition coefficient (Wildman–Crippen LogP) is 0.959. The number of carboxylic acids is 1. The second kappa shape index (κ2) is 9.00. The molecule has 1 fully saturated rings.